The molecule has 8 rings (SSSR count). The number of rotatable bonds is 9. The topological polar surface area (TPSA) is 35.9 Å². The molecule has 0 bridgehead atoms. The van der Waals surface area contributed by atoms with E-state index in [1.165, 1.54) is 44.3 Å². The quantitative estimate of drug-likeness (QED) is 0.107. The van der Waals surface area contributed by atoms with Crippen LogP contribution in [0, 0.1) is 18.5 Å². The first kappa shape index (κ1) is 43.8. The molecule has 0 fully saturated rings. The van der Waals surface area contributed by atoms with Gasteiger partial charge in [-0.3, -0.25) is 4.57 Å². The molecule has 0 radical (unpaired) electrons. The molecule has 3 heterocycles. The standard InChI is InChI=1S/C55H58N4O.Pt/c1-35(2)39-29-46(36(3)4)52(47(30-39)37(5)6)38-16-13-17-41(28-38)57-26-27-58(34-57)42-18-14-19-43(32-42)60-44-22-23-45-50(33-44)59(51-31-40(24-25-56-51)54(7,8)9)49-21-15-20-48(53(45)49)55(10,11)12;/h13-31,35-37H,1-12H3;/q-2;. The third kappa shape index (κ3) is 8.64. The summed E-state index contributed by atoms with van der Waals surface area (Å²) in [5, 5.41) is 2.33. The SMILES string of the molecule is CC(C)c1cc(C(C)C)c(-c2cccc(-[n+]3[c-]n(-c4[c-]c(Oc5[c-]c6c(cc5)c5c(C(C)(C)C)cccc5n6-c5cc(C(C)(C)C)ccn5)ccc4)cc3)c2)c(C(C)C)c1.[Pt]. The zero-order valence-corrected chi connectivity index (χ0v) is 40.0. The minimum absolute atomic E-state index is 0. The van der Waals surface area contributed by atoms with E-state index in [0.717, 1.165) is 33.6 Å². The van der Waals surface area contributed by atoms with Crippen molar-refractivity contribution in [2.75, 3.05) is 0 Å². The number of imidazole rings is 1. The van der Waals surface area contributed by atoms with Crippen molar-refractivity contribution in [3.8, 4) is 39.8 Å². The number of fused-ring (bicyclic) bond motifs is 3. The molecule has 5 aromatic carbocycles. The van der Waals surface area contributed by atoms with Crippen molar-refractivity contribution in [2.24, 2.45) is 0 Å². The van der Waals surface area contributed by atoms with Crippen LogP contribution >= 0.6 is 0 Å². The average Bonchev–Trinajstić information content (AvgIpc) is 3.83. The smallest absolute Gasteiger partial charge is 0.267 e. The van der Waals surface area contributed by atoms with Crippen LogP contribution in [0.4, 0.5) is 0 Å². The van der Waals surface area contributed by atoms with Gasteiger partial charge in [-0.25, -0.2) is 4.98 Å². The van der Waals surface area contributed by atoms with Gasteiger partial charge in [-0.1, -0.05) is 125 Å². The van der Waals surface area contributed by atoms with Crippen molar-refractivity contribution < 1.29 is 30.4 Å². The Bertz CT molecular complexity index is 2830. The summed E-state index contributed by atoms with van der Waals surface area (Å²) in [4.78, 5) is 4.91. The maximum absolute atomic E-state index is 6.57. The second kappa shape index (κ2) is 16.9. The molecule has 0 aliphatic rings. The Morgan fingerprint density at radius 1 is 0.689 bits per heavy atom. The monoisotopic (exact) mass is 985 g/mol. The molecule has 3 aromatic heterocycles. The van der Waals surface area contributed by atoms with Crippen molar-refractivity contribution >= 4 is 21.8 Å². The van der Waals surface area contributed by atoms with Gasteiger partial charge in [-0.05, 0) is 109 Å². The summed E-state index contributed by atoms with van der Waals surface area (Å²) in [6, 6.07) is 41.9. The Labute approximate surface area is 377 Å². The molecule has 6 heteroatoms. The maximum atomic E-state index is 6.57. The van der Waals surface area contributed by atoms with E-state index in [-0.39, 0.29) is 31.9 Å². The van der Waals surface area contributed by atoms with E-state index in [1.54, 1.807) is 0 Å². The molecule has 316 valence electrons. The molecule has 0 saturated carbocycles. The Kier molecular flexibility index (Phi) is 12.1. The normalized spacial score (nSPS) is 12.2. The van der Waals surface area contributed by atoms with E-state index >= 15 is 0 Å². The van der Waals surface area contributed by atoms with Crippen LogP contribution in [-0.2, 0) is 31.9 Å². The molecule has 0 saturated heterocycles. The van der Waals surface area contributed by atoms with Crippen molar-refractivity contribution in [2.45, 2.75) is 112 Å². The molecule has 61 heavy (non-hydrogen) atoms. The number of nitrogens with zero attached hydrogens (tertiary/aromatic N) is 4. The molecule has 0 atom stereocenters. The van der Waals surface area contributed by atoms with E-state index < -0.39 is 0 Å². The molecule has 0 N–H and O–H groups in total. The van der Waals surface area contributed by atoms with Gasteiger partial charge < -0.3 is 13.9 Å². The third-order valence-corrected chi connectivity index (χ3v) is 11.7. The van der Waals surface area contributed by atoms with Gasteiger partial charge in [-0.15, -0.1) is 29.7 Å². The summed E-state index contributed by atoms with van der Waals surface area (Å²) in [5.74, 6) is 3.34. The minimum Gasteiger partial charge on any atom is -0.510 e. The van der Waals surface area contributed by atoms with Crippen LogP contribution in [0.2, 0.25) is 0 Å². The molecule has 0 aliphatic carbocycles. The van der Waals surface area contributed by atoms with Gasteiger partial charge in [0.1, 0.15) is 5.82 Å². The number of hydrogen-bond acceptors (Lipinski definition) is 2. The van der Waals surface area contributed by atoms with E-state index in [1.807, 2.05) is 52.0 Å². The molecule has 5 nitrogen and oxygen atoms in total. The second-order valence-corrected chi connectivity index (χ2v) is 19.3. The minimum atomic E-state index is -0.0610. The predicted octanol–water partition coefficient (Wildman–Crippen LogP) is 14.1. The van der Waals surface area contributed by atoms with Crippen LogP contribution in [0.3, 0.4) is 0 Å². The van der Waals surface area contributed by atoms with E-state index in [0.29, 0.717) is 29.3 Å². The largest absolute Gasteiger partial charge is 0.510 e. The summed E-state index contributed by atoms with van der Waals surface area (Å²) in [6.45, 7) is 27.3. The van der Waals surface area contributed by atoms with Crippen LogP contribution in [-0.4, -0.2) is 14.1 Å². The van der Waals surface area contributed by atoms with Crippen LogP contribution in [0.1, 0.15) is 129 Å². The molecule has 0 aliphatic heterocycles. The number of benzene rings is 5. The molecule has 0 amide bonds. The van der Waals surface area contributed by atoms with E-state index in [9.17, 15) is 0 Å². The molecular formula is C55H58N4OPt-2. The summed E-state index contributed by atoms with van der Waals surface area (Å²) < 4.78 is 12.8. The van der Waals surface area contributed by atoms with Crippen LogP contribution in [0.25, 0.3) is 50.1 Å². The molecule has 0 spiro atoms. The summed E-state index contributed by atoms with van der Waals surface area (Å²) in [5.41, 5.74) is 13.1. The fourth-order valence-corrected chi connectivity index (χ4v) is 8.35. The van der Waals surface area contributed by atoms with Gasteiger partial charge in [0.2, 0.25) is 0 Å². The van der Waals surface area contributed by atoms with Crippen molar-refractivity contribution in [3.63, 3.8) is 0 Å². The van der Waals surface area contributed by atoms with Crippen molar-refractivity contribution in [1.29, 1.82) is 0 Å². The molecule has 0 unspecified atom stereocenters. The van der Waals surface area contributed by atoms with Gasteiger partial charge in [0.15, 0.2) is 0 Å². The van der Waals surface area contributed by atoms with E-state index in [4.69, 9.17) is 9.72 Å². The van der Waals surface area contributed by atoms with Gasteiger partial charge in [0, 0.05) is 56.7 Å². The first-order chi connectivity index (χ1) is 28.5. The van der Waals surface area contributed by atoms with Crippen LogP contribution in [0.15, 0.2) is 116 Å². The zero-order chi connectivity index (χ0) is 42.7. The summed E-state index contributed by atoms with van der Waals surface area (Å²) in [7, 11) is 0. The number of aromatic nitrogens is 4. The second-order valence-electron chi connectivity index (χ2n) is 19.3. The van der Waals surface area contributed by atoms with Gasteiger partial charge in [0.25, 0.3) is 6.33 Å². The number of ether oxygens (including phenoxy) is 1. The first-order valence-corrected chi connectivity index (χ1v) is 21.5. The van der Waals surface area contributed by atoms with Crippen molar-refractivity contribution in [3.05, 3.63) is 162 Å². The first-order valence-electron chi connectivity index (χ1n) is 21.5. The number of pyridine rings is 1. The molecular weight excluding hydrogens is 928 g/mol. The molecule has 8 aromatic rings. The number of hydrogen-bond donors (Lipinski definition) is 0. The zero-order valence-electron chi connectivity index (χ0n) is 37.7. The van der Waals surface area contributed by atoms with Gasteiger partial charge >= 0.3 is 0 Å². The van der Waals surface area contributed by atoms with Crippen LogP contribution < -0.4 is 9.30 Å². The fourth-order valence-electron chi connectivity index (χ4n) is 8.35. The Hall–Kier alpha value is -5.25. The predicted molar refractivity (Wildman–Crippen MR) is 248 cm³/mol. The summed E-state index contributed by atoms with van der Waals surface area (Å²) >= 11 is 0. The van der Waals surface area contributed by atoms with Gasteiger partial charge in [0.05, 0.1) is 5.69 Å². The van der Waals surface area contributed by atoms with E-state index in [2.05, 4.69) is 179 Å². The average molecular weight is 986 g/mol. The Morgan fingerprint density at radius 3 is 2.05 bits per heavy atom. The fraction of sp³-hybridized carbons (Fsp3) is 0.309. The van der Waals surface area contributed by atoms with Crippen LogP contribution in [0.5, 0.6) is 11.5 Å². The Balaban J connectivity index is 0.00000561. The maximum Gasteiger partial charge on any atom is 0.267 e. The van der Waals surface area contributed by atoms with Gasteiger partial charge in [-0.2, -0.15) is 18.2 Å². The Morgan fingerprint density at radius 2 is 1.38 bits per heavy atom. The summed E-state index contributed by atoms with van der Waals surface area (Å²) in [6.07, 6.45) is 9.51. The third-order valence-electron chi connectivity index (χ3n) is 11.7. The van der Waals surface area contributed by atoms with Crippen molar-refractivity contribution in [1.82, 2.24) is 14.1 Å².